The van der Waals surface area contributed by atoms with Crippen LogP contribution in [0.15, 0.2) is 83.3 Å². The minimum atomic E-state index is -0.477. The second-order valence-electron chi connectivity index (χ2n) is 7.77. The van der Waals surface area contributed by atoms with Crippen molar-refractivity contribution in [1.29, 1.82) is 0 Å². The maximum Gasteiger partial charge on any atom is 0.260 e. The van der Waals surface area contributed by atoms with Gasteiger partial charge >= 0.3 is 0 Å². The predicted octanol–water partition coefficient (Wildman–Crippen LogP) is 5.57. The Hall–Kier alpha value is -4.17. The highest BCUT2D eigenvalue weighted by molar-refractivity contribution is 9.10. The molecule has 3 N–H and O–H groups in total. The number of phenols is 1. The number of hydrogen-bond donors (Lipinski definition) is 3. The van der Waals surface area contributed by atoms with Crippen LogP contribution in [0.1, 0.15) is 16.8 Å². The molecule has 0 fully saturated rings. The van der Waals surface area contributed by atoms with Gasteiger partial charge in [0.15, 0.2) is 0 Å². The Labute approximate surface area is 203 Å². The van der Waals surface area contributed by atoms with Crippen LogP contribution in [0, 0.1) is 0 Å². The van der Waals surface area contributed by atoms with E-state index in [-0.39, 0.29) is 29.5 Å². The zero-order valence-corrected chi connectivity index (χ0v) is 19.3. The molecule has 0 saturated carbocycles. The van der Waals surface area contributed by atoms with Crippen LogP contribution < -0.4 is 15.5 Å². The summed E-state index contributed by atoms with van der Waals surface area (Å²) in [4.78, 5) is 39.6. The molecule has 1 aliphatic rings. The lowest BCUT2D eigenvalue weighted by Gasteiger charge is -2.23. The second kappa shape index (κ2) is 8.64. The number of halogens is 1. The Kier molecular flexibility index (Phi) is 5.51. The number of carbonyl (C=O) groups is 3. The summed E-state index contributed by atoms with van der Waals surface area (Å²) in [6.07, 6.45) is -0.289. The van der Waals surface area contributed by atoms with Gasteiger partial charge in [-0.1, -0.05) is 36.4 Å². The first kappa shape index (κ1) is 21.7. The summed E-state index contributed by atoms with van der Waals surface area (Å²) in [5.41, 5.74) is 2.32. The molecular formula is C26H18BrN3O4. The summed E-state index contributed by atoms with van der Waals surface area (Å²) >= 11 is 3.28. The zero-order chi connectivity index (χ0) is 23.8. The van der Waals surface area contributed by atoms with Crippen molar-refractivity contribution in [3.8, 4) is 5.75 Å². The molecule has 0 unspecified atom stereocenters. The first-order valence-electron chi connectivity index (χ1n) is 10.5. The molecule has 0 atom stereocenters. The predicted molar refractivity (Wildman–Crippen MR) is 135 cm³/mol. The standard InChI is InChI=1S/C26H18BrN3O4/c27-19-6-3-7-21(31)24(19)26(34)28-16-9-11-17(12-10-16)30-20-13-8-15-4-1-2-5-18(15)25(20)29-22(32)14-23(30)33/h1-13,31H,14H2,(H,28,34)(H,29,32). The van der Waals surface area contributed by atoms with Crippen molar-refractivity contribution < 1.29 is 19.5 Å². The Morgan fingerprint density at radius 1 is 0.941 bits per heavy atom. The van der Waals surface area contributed by atoms with E-state index in [2.05, 4.69) is 26.6 Å². The van der Waals surface area contributed by atoms with Crippen molar-refractivity contribution in [1.82, 2.24) is 0 Å². The van der Waals surface area contributed by atoms with Gasteiger partial charge in [-0.3, -0.25) is 19.3 Å². The highest BCUT2D eigenvalue weighted by Crippen LogP contribution is 2.40. The van der Waals surface area contributed by atoms with Crippen molar-refractivity contribution >= 4 is 67.2 Å². The van der Waals surface area contributed by atoms with E-state index in [0.717, 1.165) is 10.8 Å². The molecule has 0 bridgehead atoms. The molecule has 4 aromatic rings. The molecule has 7 nitrogen and oxygen atoms in total. The van der Waals surface area contributed by atoms with E-state index >= 15 is 0 Å². The fourth-order valence-corrected chi connectivity index (χ4v) is 4.56. The molecular weight excluding hydrogens is 498 g/mol. The lowest BCUT2D eigenvalue weighted by Crippen LogP contribution is -2.26. The van der Waals surface area contributed by atoms with Crippen molar-refractivity contribution in [2.45, 2.75) is 6.42 Å². The van der Waals surface area contributed by atoms with Gasteiger partial charge < -0.3 is 15.7 Å². The van der Waals surface area contributed by atoms with E-state index in [1.165, 1.54) is 11.0 Å². The molecule has 3 amide bonds. The fraction of sp³-hybridized carbons (Fsp3) is 0.0385. The monoisotopic (exact) mass is 515 g/mol. The number of anilines is 4. The molecule has 34 heavy (non-hydrogen) atoms. The lowest BCUT2D eigenvalue weighted by atomic mass is 10.1. The third kappa shape index (κ3) is 3.88. The van der Waals surface area contributed by atoms with E-state index in [0.29, 0.717) is 27.2 Å². The first-order valence-corrected chi connectivity index (χ1v) is 11.2. The largest absolute Gasteiger partial charge is 0.507 e. The Morgan fingerprint density at radius 2 is 1.71 bits per heavy atom. The Balaban J connectivity index is 1.49. The summed E-state index contributed by atoms with van der Waals surface area (Å²) in [5.74, 6) is -1.35. The van der Waals surface area contributed by atoms with Gasteiger partial charge in [0.05, 0.1) is 16.9 Å². The van der Waals surface area contributed by atoms with Gasteiger partial charge in [0.25, 0.3) is 5.91 Å². The van der Waals surface area contributed by atoms with Gasteiger partial charge in [0, 0.05) is 21.2 Å². The van der Waals surface area contributed by atoms with Gasteiger partial charge in [-0.25, -0.2) is 0 Å². The average molecular weight is 516 g/mol. The van der Waals surface area contributed by atoms with Gasteiger partial charge in [-0.05, 0) is 63.8 Å². The minimum absolute atomic E-state index is 0.125. The van der Waals surface area contributed by atoms with Crippen LogP contribution in [0.25, 0.3) is 10.8 Å². The zero-order valence-electron chi connectivity index (χ0n) is 17.7. The maximum atomic E-state index is 13.0. The SMILES string of the molecule is O=C1CC(=O)N(c2ccc(NC(=O)c3c(O)cccc3Br)cc2)c2ccc3ccccc3c2N1. The molecule has 1 aliphatic heterocycles. The highest BCUT2D eigenvalue weighted by Gasteiger charge is 2.28. The smallest absolute Gasteiger partial charge is 0.260 e. The molecule has 0 spiro atoms. The fourth-order valence-electron chi connectivity index (χ4n) is 4.02. The molecule has 0 radical (unpaired) electrons. The molecule has 8 heteroatoms. The van der Waals surface area contributed by atoms with Crippen LogP contribution in [0.3, 0.4) is 0 Å². The van der Waals surface area contributed by atoms with Crippen LogP contribution in [0.4, 0.5) is 22.7 Å². The second-order valence-corrected chi connectivity index (χ2v) is 8.62. The van der Waals surface area contributed by atoms with Crippen LogP contribution >= 0.6 is 15.9 Å². The molecule has 168 valence electrons. The van der Waals surface area contributed by atoms with Crippen molar-refractivity contribution in [3.63, 3.8) is 0 Å². The number of phenolic OH excluding ortho intramolecular Hbond substituents is 1. The molecule has 1 heterocycles. The van der Waals surface area contributed by atoms with Crippen molar-refractivity contribution in [2.24, 2.45) is 0 Å². The van der Waals surface area contributed by atoms with E-state index in [1.807, 2.05) is 36.4 Å². The van der Waals surface area contributed by atoms with Crippen LogP contribution in [-0.4, -0.2) is 22.8 Å². The van der Waals surface area contributed by atoms with Gasteiger partial charge in [0.1, 0.15) is 12.2 Å². The topological polar surface area (TPSA) is 98.7 Å². The van der Waals surface area contributed by atoms with Crippen molar-refractivity contribution in [3.05, 3.63) is 88.9 Å². The number of nitrogens with one attached hydrogen (secondary N) is 2. The van der Waals surface area contributed by atoms with Crippen LogP contribution in [0.2, 0.25) is 0 Å². The molecule has 5 rings (SSSR count). The molecule has 0 aliphatic carbocycles. The van der Waals surface area contributed by atoms with Crippen LogP contribution in [0.5, 0.6) is 5.75 Å². The number of fused-ring (bicyclic) bond motifs is 3. The summed E-state index contributed by atoms with van der Waals surface area (Å²) in [7, 11) is 0. The van der Waals surface area contributed by atoms with E-state index in [4.69, 9.17) is 0 Å². The van der Waals surface area contributed by atoms with E-state index < -0.39 is 5.91 Å². The number of hydrogen-bond acceptors (Lipinski definition) is 4. The number of benzene rings is 4. The summed E-state index contributed by atoms with van der Waals surface area (Å²) in [6.45, 7) is 0. The van der Waals surface area contributed by atoms with Gasteiger partial charge in [0.2, 0.25) is 11.8 Å². The number of amides is 3. The number of aromatic hydroxyl groups is 1. The lowest BCUT2D eigenvalue weighted by molar-refractivity contribution is -0.124. The molecule has 0 aromatic heterocycles. The quantitative estimate of drug-likeness (QED) is 0.310. The minimum Gasteiger partial charge on any atom is -0.507 e. The first-order chi connectivity index (χ1) is 16.4. The number of carbonyl (C=O) groups excluding carboxylic acids is 3. The maximum absolute atomic E-state index is 13.0. The molecule has 0 saturated heterocycles. The highest BCUT2D eigenvalue weighted by atomic mass is 79.9. The Morgan fingerprint density at radius 3 is 2.47 bits per heavy atom. The molecule has 4 aromatic carbocycles. The van der Waals surface area contributed by atoms with Crippen molar-refractivity contribution in [2.75, 3.05) is 15.5 Å². The summed E-state index contributed by atoms with van der Waals surface area (Å²) in [6, 6.07) is 22.8. The summed E-state index contributed by atoms with van der Waals surface area (Å²) < 4.78 is 0.470. The third-order valence-electron chi connectivity index (χ3n) is 5.58. The number of nitrogens with zero attached hydrogens (tertiary/aromatic N) is 1. The number of rotatable bonds is 3. The Bertz CT molecular complexity index is 1450. The average Bonchev–Trinajstić information content (AvgIpc) is 2.94. The van der Waals surface area contributed by atoms with Crippen LogP contribution in [-0.2, 0) is 9.59 Å². The summed E-state index contributed by atoms with van der Waals surface area (Å²) in [5, 5.41) is 17.4. The normalized spacial score (nSPS) is 13.3. The van der Waals surface area contributed by atoms with E-state index in [9.17, 15) is 19.5 Å². The van der Waals surface area contributed by atoms with E-state index in [1.54, 1.807) is 36.4 Å². The van der Waals surface area contributed by atoms with Gasteiger partial charge in [-0.15, -0.1) is 0 Å². The van der Waals surface area contributed by atoms with Gasteiger partial charge in [-0.2, -0.15) is 0 Å². The third-order valence-corrected chi connectivity index (χ3v) is 6.24.